The van der Waals surface area contributed by atoms with E-state index in [2.05, 4.69) is 24.1 Å². The quantitative estimate of drug-likeness (QED) is 0.755. The zero-order chi connectivity index (χ0) is 20.6. The van der Waals surface area contributed by atoms with Gasteiger partial charge in [0, 0.05) is 45.0 Å². The Labute approximate surface area is 171 Å². The van der Waals surface area contributed by atoms with E-state index >= 15 is 0 Å². The molecule has 2 fully saturated rings. The van der Waals surface area contributed by atoms with Gasteiger partial charge in [-0.1, -0.05) is 25.7 Å². The van der Waals surface area contributed by atoms with Crippen LogP contribution < -0.4 is 16.0 Å². The van der Waals surface area contributed by atoms with Crippen molar-refractivity contribution in [1.29, 1.82) is 0 Å². The van der Waals surface area contributed by atoms with Crippen molar-refractivity contribution in [1.82, 2.24) is 14.8 Å². The highest BCUT2D eigenvalue weighted by Crippen LogP contribution is 2.33. The first-order valence-corrected chi connectivity index (χ1v) is 10.8. The monoisotopic (exact) mass is 400 g/mol. The van der Waals surface area contributed by atoms with Gasteiger partial charge >= 0.3 is 11.8 Å². The number of urea groups is 1. The number of hydrogen-bond donors (Lipinski definition) is 1. The topological polar surface area (TPSA) is 70.7 Å². The zero-order valence-corrected chi connectivity index (χ0v) is 17.7. The number of nitrogens with one attached hydrogen (secondary N) is 1. The summed E-state index contributed by atoms with van der Waals surface area (Å²) in [6.07, 6.45) is 6.37. The highest BCUT2D eigenvalue weighted by atomic mass is 16.4. The first-order valence-electron chi connectivity index (χ1n) is 10.8. The Morgan fingerprint density at radius 2 is 2.03 bits per heavy atom. The number of unbranched alkanes of at least 4 members (excludes halogenated alkanes) is 1. The van der Waals surface area contributed by atoms with E-state index in [0.29, 0.717) is 12.1 Å². The van der Waals surface area contributed by atoms with Gasteiger partial charge in [0.15, 0.2) is 5.58 Å². The van der Waals surface area contributed by atoms with E-state index in [-0.39, 0.29) is 17.3 Å². The predicted octanol–water partition coefficient (Wildman–Crippen LogP) is 3.32. The van der Waals surface area contributed by atoms with Crippen molar-refractivity contribution in [3.8, 4) is 0 Å². The fourth-order valence-electron chi connectivity index (χ4n) is 4.33. The Hall–Kier alpha value is -2.44. The van der Waals surface area contributed by atoms with E-state index in [1.807, 2.05) is 23.1 Å². The molecule has 0 atom stereocenters. The summed E-state index contributed by atoms with van der Waals surface area (Å²) in [6.45, 7) is 7.11. The number of aryl methyl sites for hydroxylation is 1. The molecule has 0 radical (unpaired) electrons. The van der Waals surface area contributed by atoms with E-state index in [9.17, 15) is 9.59 Å². The van der Waals surface area contributed by atoms with Crippen LogP contribution in [0.4, 0.5) is 10.5 Å². The zero-order valence-electron chi connectivity index (χ0n) is 17.7. The van der Waals surface area contributed by atoms with Gasteiger partial charge in [-0.05, 0) is 38.3 Å². The molecule has 4 rings (SSSR count). The molecule has 1 saturated heterocycles. The van der Waals surface area contributed by atoms with E-state index < -0.39 is 0 Å². The van der Waals surface area contributed by atoms with Crippen LogP contribution in [-0.2, 0) is 7.05 Å². The van der Waals surface area contributed by atoms with Gasteiger partial charge in [-0.25, -0.2) is 9.59 Å². The normalized spacial score (nSPS) is 19.0. The van der Waals surface area contributed by atoms with Crippen LogP contribution in [0.5, 0.6) is 0 Å². The van der Waals surface area contributed by atoms with Crippen LogP contribution in [0.25, 0.3) is 11.1 Å². The molecule has 1 saturated carbocycles. The molecular formula is C22H32N4O3. The predicted molar refractivity (Wildman–Crippen MR) is 114 cm³/mol. The molecule has 1 aromatic heterocycles. The van der Waals surface area contributed by atoms with E-state index in [4.69, 9.17) is 4.42 Å². The van der Waals surface area contributed by atoms with Crippen molar-refractivity contribution in [2.75, 3.05) is 31.1 Å². The van der Waals surface area contributed by atoms with Crippen molar-refractivity contribution < 1.29 is 9.21 Å². The summed E-state index contributed by atoms with van der Waals surface area (Å²) in [5.41, 5.74) is 2.11. The summed E-state index contributed by atoms with van der Waals surface area (Å²) in [4.78, 5) is 28.7. The number of oxazole rings is 1. The molecule has 1 aliphatic heterocycles. The Bertz CT molecular complexity index is 941. The third-order valence-electron chi connectivity index (χ3n) is 6.30. The van der Waals surface area contributed by atoms with Gasteiger partial charge in [0.1, 0.15) is 0 Å². The van der Waals surface area contributed by atoms with Crippen LogP contribution in [0.1, 0.15) is 46.0 Å². The summed E-state index contributed by atoms with van der Waals surface area (Å²) in [5.74, 6) is 0.608. The number of nitrogens with zero attached hydrogens (tertiary/aromatic N) is 3. The van der Waals surface area contributed by atoms with Gasteiger partial charge in [-0.15, -0.1) is 0 Å². The van der Waals surface area contributed by atoms with E-state index in [1.165, 1.54) is 30.3 Å². The molecule has 2 aromatic rings. The van der Waals surface area contributed by atoms with Gasteiger partial charge in [-0.3, -0.25) is 4.57 Å². The highest BCUT2D eigenvalue weighted by molar-refractivity contribution is 5.78. The molecule has 2 heterocycles. The van der Waals surface area contributed by atoms with Crippen LogP contribution in [0.2, 0.25) is 0 Å². The lowest BCUT2D eigenvalue weighted by Crippen LogP contribution is -2.63. The van der Waals surface area contributed by atoms with Crippen molar-refractivity contribution in [3.05, 3.63) is 28.7 Å². The van der Waals surface area contributed by atoms with Gasteiger partial charge in [0.05, 0.1) is 11.1 Å². The molecule has 0 spiro atoms. The number of amides is 2. The molecule has 158 valence electrons. The van der Waals surface area contributed by atoms with Crippen LogP contribution in [0.3, 0.4) is 0 Å². The maximum absolute atomic E-state index is 12.7. The third kappa shape index (κ3) is 4.28. The minimum Gasteiger partial charge on any atom is -0.408 e. The molecule has 7 heteroatoms. The number of piperazine rings is 1. The largest absolute Gasteiger partial charge is 0.419 e. The molecule has 2 aliphatic rings. The third-order valence-corrected chi connectivity index (χ3v) is 6.30. The molecule has 0 bridgehead atoms. The molecular weight excluding hydrogens is 368 g/mol. The number of aromatic nitrogens is 1. The number of carbonyl (C=O) groups is 1. The lowest BCUT2D eigenvalue weighted by molar-refractivity contribution is 0.124. The maximum Gasteiger partial charge on any atom is 0.419 e. The number of anilines is 1. The number of carbonyl (C=O) groups excluding carboxylic acids is 1. The Kier molecular flexibility index (Phi) is 5.32. The van der Waals surface area contributed by atoms with Gasteiger partial charge in [-0.2, -0.15) is 0 Å². The first kappa shape index (κ1) is 19.9. The minimum absolute atomic E-state index is 0.0329. The van der Waals surface area contributed by atoms with Crippen molar-refractivity contribution in [3.63, 3.8) is 0 Å². The minimum atomic E-state index is -0.351. The second kappa shape index (κ2) is 7.76. The maximum atomic E-state index is 12.7. The molecule has 1 aliphatic carbocycles. The van der Waals surface area contributed by atoms with Crippen molar-refractivity contribution >= 4 is 22.8 Å². The number of rotatable bonds is 6. The van der Waals surface area contributed by atoms with E-state index in [0.717, 1.165) is 43.2 Å². The average molecular weight is 401 g/mol. The standard InChI is InChI=1S/C22H32N4O3/c1-22(2)15-25(17-9-10-18-19(14-17)29-21(28)24(18)3)12-13-26(22)20(27)23-11-5-4-6-16-7-8-16/h9-10,14,16H,4-8,11-13,15H2,1-3H3,(H,23,27). The molecule has 29 heavy (non-hydrogen) atoms. The molecule has 7 nitrogen and oxygen atoms in total. The van der Waals surface area contributed by atoms with Crippen LogP contribution >= 0.6 is 0 Å². The summed E-state index contributed by atoms with van der Waals surface area (Å²) < 4.78 is 6.84. The summed E-state index contributed by atoms with van der Waals surface area (Å²) in [7, 11) is 1.71. The average Bonchev–Trinajstić information content (AvgIpc) is 3.45. The molecule has 2 amide bonds. The van der Waals surface area contributed by atoms with Crippen molar-refractivity contribution in [2.24, 2.45) is 13.0 Å². The summed E-state index contributed by atoms with van der Waals surface area (Å²) in [6, 6.07) is 5.89. The first-order chi connectivity index (χ1) is 13.8. The second-order valence-electron chi connectivity index (χ2n) is 9.14. The molecule has 0 unspecified atom stereocenters. The Balaban J connectivity index is 1.35. The molecule has 1 N–H and O–H groups in total. The van der Waals surface area contributed by atoms with Crippen LogP contribution in [-0.4, -0.2) is 47.2 Å². The lowest BCUT2D eigenvalue weighted by atomic mass is 9.98. The SMILES string of the molecule is Cn1c(=O)oc2cc(N3CCN(C(=O)NCCCCC4CC4)C(C)(C)C3)ccc21. The molecule has 1 aromatic carbocycles. The van der Waals surface area contributed by atoms with E-state index in [1.54, 1.807) is 7.05 Å². The van der Waals surface area contributed by atoms with Crippen LogP contribution in [0, 0.1) is 5.92 Å². The second-order valence-corrected chi connectivity index (χ2v) is 9.14. The lowest BCUT2D eigenvalue weighted by Gasteiger charge is -2.47. The fraction of sp³-hybridized carbons (Fsp3) is 0.636. The van der Waals surface area contributed by atoms with Crippen molar-refractivity contribution in [2.45, 2.75) is 51.5 Å². The number of fused-ring (bicyclic) bond motifs is 1. The highest BCUT2D eigenvalue weighted by Gasteiger charge is 2.37. The summed E-state index contributed by atoms with van der Waals surface area (Å²) >= 11 is 0. The Morgan fingerprint density at radius 1 is 1.24 bits per heavy atom. The number of benzene rings is 1. The summed E-state index contributed by atoms with van der Waals surface area (Å²) in [5, 5.41) is 3.11. The Morgan fingerprint density at radius 3 is 2.76 bits per heavy atom. The van der Waals surface area contributed by atoms with Crippen LogP contribution in [0.15, 0.2) is 27.4 Å². The fourth-order valence-corrected chi connectivity index (χ4v) is 4.33. The van der Waals surface area contributed by atoms with Gasteiger partial charge < -0.3 is 19.5 Å². The van der Waals surface area contributed by atoms with Gasteiger partial charge in [0.25, 0.3) is 0 Å². The smallest absolute Gasteiger partial charge is 0.408 e. The number of hydrogen-bond acceptors (Lipinski definition) is 4. The van der Waals surface area contributed by atoms with Gasteiger partial charge in [0.2, 0.25) is 0 Å².